The van der Waals surface area contributed by atoms with Crippen LogP contribution in [0.5, 0.6) is 0 Å². The molecule has 0 aliphatic carbocycles. The molecule has 0 saturated carbocycles. The van der Waals surface area contributed by atoms with Crippen LogP contribution < -0.4 is 5.32 Å². The van der Waals surface area contributed by atoms with Crippen molar-refractivity contribution in [3.63, 3.8) is 0 Å². The Kier molecular flexibility index (Phi) is 7.52. The van der Waals surface area contributed by atoms with Crippen LogP contribution in [0, 0.1) is 5.41 Å². The van der Waals surface area contributed by atoms with Gasteiger partial charge in [0.1, 0.15) is 5.76 Å². The minimum atomic E-state index is -5.08. The number of nitrogens with zero attached hydrogens (tertiary/aromatic N) is 2. The van der Waals surface area contributed by atoms with E-state index in [2.05, 4.69) is 15.2 Å². The molecule has 2 aliphatic heterocycles. The van der Waals surface area contributed by atoms with Crippen LogP contribution in [0.15, 0.2) is 47.2 Å². The molecule has 4 rings (SSSR count). The number of piperidine rings is 1. The smallest absolute Gasteiger partial charge is 0.475 e. The Hall–Kier alpha value is -2.92. The molecule has 2 N–H and O–H groups in total. The first-order chi connectivity index (χ1) is 15.2. The van der Waals surface area contributed by atoms with Crippen LogP contribution in [0.3, 0.4) is 0 Å². The normalized spacial score (nSPS) is 23.0. The summed E-state index contributed by atoms with van der Waals surface area (Å²) < 4.78 is 42.9. The molecule has 2 aliphatic rings. The van der Waals surface area contributed by atoms with Crippen molar-refractivity contribution >= 4 is 11.9 Å². The number of pyridine rings is 1. The number of rotatable bonds is 5. The number of hydrogen-bond donors (Lipinski definition) is 2. The van der Waals surface area contributed by atoms with Crippen LogP contribution in [0.25, 0.3) is 0 Å². The second-order valence-corrected chi connectivity index (χ2v) is 7.65. The number of fused-ring (bicyclic) bond motifs is 1. The summed E-state index contributed by atoms with van der Waals surface area (Å²) in [4.78, 5) is 28.6. The Balaban J connectivity index is 0.000000360. The van der Waals surface area contributed by atoms with E-state index in [1.54, 1.807) is 6.26 Å². The Morgan fingerprint density at radius 1 is 1.28 bits per heavy atom. The van der Waals surface area contributed by atoms with Crippen LogP contribution in [0.4, 0.5) is 13.2 Å². The highest BCUT2D eigenvalue weighted by molar-refractivity contribution is 5.84. The fourth-order valence-corrected chi connectivity index (χ4v) is 3.97. The SMILES string of the molecule is O=C(NCc1ccco1)[C@@]12CCO[C@@H]1CCN(Cc1ccccn1)C2.O=C(O)C(F)(F)F. The number of amides is 1. The lowest BCUT2D eigenvalue weighted by Crippen LogP contribution is -2.56. The number of carbonyl (C=O) groups is 2. The van der Waals surface area contributed by atoms with Crippen LogP contribution in [-0.2, 0) is 27.4 Å². The van der Waals surface area contributed by atoms with Crippen LogP contribution in [0.1, 0.15) is 24.3 Å². The number of furan rings is 1. The Morgan fingerprint density at radius 2 is 2.06 bits per heavy atom. The number of halogens is 3. The van der Waals surface area contributed by atoms with Gasteiger partial charge in [0.15, 0.2) is 0 Å². The second kappa shape index (κ2) is 10.1. The van der Waals surface area contributed by atoms with Crippen molar-refractivity contribution in [2.45, 2.75) is 38.2 Å². The average Bonchev–Trinajstić information content (AvgIpc) is 3.42. The molecule has 2 fully saturated rings. The number of alkyl halides is 3. The monoisotopic (exact) mass is 455 g/mol. The summed E-state index contributed by atoms with van der Waals surface area (Å²) in [5.74, 6) is -1.93. The number of carboxylic acids is 1. The topological polar surface area (TPSA) is 105 Å². The molecule has 2 aromatic rings. The lowest BCUT2D eigenvalue weighted by atomic mass is 9.75. The number of carbonyl (C=O) groups excluding carboxylic acids is 1. The zero-order valence-corrected chi connectivity index (χ0v) is 17.2. The number of ether oxygens (including phenoxy) is 1. The zero-order chi connectivity index (χ0) is 23.2. The van der Waals surface area contributed by atoms with Crippen molar-refractivity contribution < 1.29 is 37.0 Å². The largest absolute Gasteiger partial charge is 0.490 e. The average molecular weight is 455 g/mol. The third-order valence-corrected chi connectivity index (χ3v) is 5.51. The first kappa shape index (κ1) is 23.7. The van der Waals surface area contributed by atoms with Gasteiger partial charge in [-0.15, -0.1) is 0 Å². The molecule has 0 radical (unpaired) electrons. The third-order valence-electron chi connectivity index (χ3n) is 5.51. The van der Waals surface area contributed by atoms with E-state index >= 15 is 0 Å². The lowest BCUT2D eigenvalue weighted by molar-refractivity contribution is -0.192. The first-order valence-corrected chi connectivity index (χ1v) is 10.1. The van der Waals surface area contributed by atoms with Gasteiger partial charge >= 0.3 is 12.1 Å². The third kappa shape index (κ3) is 5.86. The fourth-order valence-electron chi connectivity index (χ4n) is 3.97. The minimum Gasteiger partial charge on any atom is -0.475 e. The number of carboxylic acid groups (broad SMARTS) is 1. The molecule has 2 aromatic heterocycles. The summed E-state index contributed by atoms with van der Waals surface area (Å²) in [5, 5.41) is 10.2. The van der Waals surface area contributed by atoms with E-state index in [0.717, 1.165) is 37.4 Å². The number of hydrogen-bond acceptors (Lipinski definition) is 6. The van der Waals surface area contributed by atoms with E-state index in [9.17, 15) is 18.0 Å². The highest BCUT2D eigenvalue weighted by Gasteiger charge is 2.53. The van der Waals surface area contributed by atoms with Gasteiger partial charge in [0, 0.05) is 32.4 Å². The van der Waals surface area contributed by atoms with Crippen molar-refractivity contribution in [3.05, 3.63) is 54.2 Å². The standard InChI is InChI=1S/C19H23N3O3.C2HF3O2/c23-18(21-12-16-5-3-10-24-16)19-7-11-25-17(19)6-9-22(14-19)13-15-4-1-2-8-20-15;3-2(4,5)1(6)7/h1-5,8,10,17H,6-7,9,11-14H2,(H,21,23);(H,6,7)/t17-,19-;/m1./s1. The number of likely N-dealkylation sites (tertiary alicyclic amines) is 1. The Bertz CT molecular complexity index is 892. The highest BCUT2D eigenvalue weighted by Crippen LogP contribution is 2.41. The molecule has 4 heterocycles. The predicted octanol–water partition coefficient (Wildman–Crippen LogP) is 2.61. The van der Waals surface area contributed by atoms with Crippen molar-refractivity contribution in [3.8, 4) is 0 Å². The van der Waals surface area contributed by atoms with Crippen molar-refractivity contribution in [2.75, 3.05) is 19.7 Å². The molecule has 1 amide bonds. The maximum Gasteiger partial charge on any atom is 0.490 e. The zero-order valence-electron chi connectivity index (χ0n) is 17.2. The van der Waals surface area contributed by atoms with Gasteiger partial charge < -0.3 is 19.6 Å². The summed E-state index contributed by atoms with van der Waals surface area (Å²) in [6.07, 6.45) is -0.00570. The second-order valence-electron chi connectivity index (χ2n) is 7.65. The summed E-state index contributed by atoms with van der Waals surface area (Å²) in [5.41, 5.74) is 0.561. The van der Waals surface area contributed by atoms with Gasteiger partial charge in [-0.3, -0.25) is 14.7 Å². The molecule has 0 bridgehead atoms. The molecule has 0 unspecified atom stereocenters. The molecule has 8 nitrogen and oxygen atoms in total. The first-order valence-electron chi connectivity index (χ1n) is 10.1. The van der Waals surface area contributed by atoms with Gasteiger partial charge in [-0.25, -0.2) is 4.79 Å². The van der Waals surface area contributed by atoms with Gasteiger partial charge in [-0.2, -0.15) is 13.2 Å². The molecule has 2 saturated heterocycles. The minimum absolute atomic E-state index is 0.00378. The summed E-state index contributed by atoms with van der Waals surface area (Å²) in [7, 11) is 0. The van der Waals surface area contributed by atoms with Crippen LogP contribution in [0.2, 0.25) is 0 Å². The van der Waals surface area contributed by atoms with Crippen molar-refractivity contribution in [1.82, 2.24) is 15.2 Å². The van der Waals surface area contributed by atoms with E-state index in [-0.39, 0.29) is 12.0 Å². The van der Waals surface area contributed by atoms with E-state index in [1.165, 1.54) is 0 Å². The van der Waals surface area contributed by atoms with Crippen LogP contribution >= 0.6 is 0 Å². The highest BCUT2D eigenvalue weighted by atomic mass is 19.4. The molecule has 0 spiro atoms. The molecule has 11 heteroatoms. The van der Waals surface area contributed by atoms with Crippen molar-refractivity contribution in [2.24, 2.45) is 5.41 Å². The Morgan fingerprint density at radius 3 is 2.69 bits per heavy atom. The molecular formula is C21H24F3N3O5. The van der Waals surface area contributed by atoms with E-state index in [1.807, 2.05) is 36.5 Å². The van der Waals surface area contributed by atoms with E-state index in [0.29, 0.717) is 19.7 Å². The predicted molar refractivity (Wildman–Crippen MR) is 105 cm³/mol. The molecule has 0 aromatic carbocycles. The number of nitrogens with one attached hydrogen (secondary N) is 1. The van der Waals surface area contributed by atoms with Gasteiger partial charge in [-0.1, -0.05) is 6.07 Å². The lowest BCUT2D eigenvalue weighted by Gasteiger charge is -2.42. The fraction of sp³-hybridized carbons (Fsp3) is 0.476. The molecule has 174 valence electrons. The van der Waals surface area contributed by atoms with Gasteiger partial charge in [0.05, 0.1) is 30.0 Å². The quantitative estimate of drug-likeness (QED) is 0.714. The van der Waals surface area contributed by atoms with E-state index in [4.69, 9.17) is 19.1 Å². The van der Waals surface area contributed by atoms with Gasteiger partial charge in [0.2, 0.25) is 5.91 Å². The van der Waals surface area contributed by atoms with E-state index < -0.39 is 17.6 Å². The molecule has 2 atom stereocenters. The van der Waals surface area contributed by atoms with Gasteiger partial charge in [-0.05, 0) is 37.1 Å². The number of aliphatic carboxylic acids is 1. The van der Waals surface area contributed by atoms with Crippen LogP contribution in [-0.4, -0.2) is 58.8 Å². The van der Waals surface area contributed by atoms with Gasteiger partial charge in [0.25, 0.3) is 0 Å². The summed E-state index contributed by atoms with van der Waals surface area (Å²) >= 11 is 0. The van der Waals surface area contributed by atoms with Crippen molar-refractivity contribution in [1.29, 1.82) is 0 Å². The maximum absolute atomic E-state index is 13.0. The molecule has 32 heavy (non-hydrogen) atoms. The molecular weight excluding hydrogens is 431 g/mol. The maximum atomic E-state index is 13.0. The summed E-state index contributed by atoms with van der Waals surface area (Å²) in [6, 6.07) is 9.65. The summed E-state index contributed by atoms with van der Waals surface area (Å²) in [6.45, 7) is 3.46. The Labute approximate surface area is 182 Å². The number of aromatic nitrogens is 1.